The maximum atomic E-state index is 12.3. The Hall–Kier alpha value is -1.96. The Kier molecular flexibility index (Phi) is 5.22. The number of nitrogens with one attached hydrogen (secondary N) is 2. The number of thiophene rings is 2. The fourth-order valence-electron chi connectivity index (χ4n) is 2.35. The van der Waals surface area contributed by atoms with E-state index < -0.39 is 0 Å². The number of nitrogens with zero attached hydrogens (tertiary/aromatic N) is 1. The fraction of sp³-hybridized carbons (Fsp3) is 0.250. The number of aromatic nitrogens is 1. The Morgan fingerprint density at radius 1 is 1.22 bits per heavy atom. The predicted octanol–water partition coefficient (Wildman–Crippen LogP) is 2.33. The van der Waals surface area contributed by atoms with Crippen molar-refractivity contribution in [1.29, 1.82) is 0 Å². The molecule has 0 aliphatic heterocycles. The lowest BCUT2D eigenvalue weighted by molar-refractivity contribution is -0.918. The molecule has 0 fully saturated rings. The van der Waals surface area contributed by atoms with Crippen molar-refractivity contribution < 1.29 is 14.2 Å². The zero-order valence-electron chi connectivity index (χ0n) is 12.7. The van der Waals surface area contributed by atoms with Crippen molar-refractivity contribution in [2.24, 2.45) is 0 Å². The van der Waals surface area contributed by atoms with Crippen LogP contribution in [0.2, 0.25) is 0 Å². The molecule has 0 aliphatic carbocycles. The van der Waals surface area contributed by atoms with Crippen LogP contribution in [0.1, 0.15) is 15.5 Å². The van der Waals surface area contributed by atoms with Crippen molar-refractivity contribution in [2.75, 3.05) is 11.9 Å². The smallest absolute Gasteiger partial charge is 0.280 e. The lowest BCUT2D eigenvalue weighted by atomic mass is 10.3. The van der Waals surface area contributed by atoms with Crippen molar-refractivity contribution >= 4 is 34.4 Å². The number of amides is 1. The van der Waals surface area contributed by atoms with Crippen molar-refractivity contribution in [1.82, 2.24) is 5.16 Å². The summed E-state index contributed by atoms with van der Waals surface area (Å²) >= 11 is 3.44. The Morgan fingerprint density at radius 2 is 1.87 bits per heavy atom. The van der Waals surface area contributed by atoms with Crippen LogP contribution in [-0.2, 0) is 17.9 Å². The highest BCUT2D eigenvalue weighted by molar-refractivity contribution is 7.10. The Balaban J connectivity index is 1.63. The summed E-state index contributed by atoms with van der Waals surface area (Å²) in [6.45, 7) is 3.86. The minimum absolute atomic E-state index is 0.0542. The number of carbonyl (C=O) groups excluding carboxylic acids is 1. The summed E-state index contributed by atoms with van der Waals surface area (Å²) in [6, 6.07) is 10.0. The van der Waals surface area contributed by atoms with E-state index in [2.05, 4.69) is 33.4 Å². The van der Waals surface area contributed by atoms with E-state index >= 15 is 0 Å². The molecular formula is C16H18N3O2S2+. The number of carbonyl (C=O) groups is 1. The lowest BCUT2D eigenvalue weighted by Gasteiger charge is -2.17. The van der Waals surface area contributed by atoms with Gasteiger partial charge in [-0.1, -0.05) is 17.3 Å². The summed E-state index contributed by atoms with van der Waals surface area (Å²) in [5.74, 6) is 1.10. The largest absolute Gasteiger partial charge is 0.360 e. The van der Waals surface area contributed by atoms with Gasteiger partial charge in [-0.2, -0.15) is 0 Å². The van der Waals surface area contributed by atoms with Gasteiger partial charge in [-0.15, -0.1) is 22.7 Å². The van der Waals surface area contributed by atoms with Gasteiger partial charge in [-0.25, -0.2) is 0 Å². The highest BCUT2D eigenvalue weighted by atomic mass is 32.1. The molecule has 7 heteroatoms. The van der Waals surface area contributed by atoms with Gasteiger partial charge in [-0.3, -0.25) is 4.79 Å². The van der Waals surface area contributed by atoms with E-state index in [4.69, 9.17) is 4.52 Å². The van der Waals surface area contributed by atoms with Crippen LogP contribution in [-0.4, -0.2) is 17.6 Å². The van der Waals surface area contributed by atoms with Gasteiger partial charge < -0.3 is 14.7 Å². The molecule has 120 valence electrons. The minimum atomic E-state index is -0.0542. The molecule has 23 heavy (non-hydrogen) atoms. The second-order valence-corrected chi connectivity index (χ2v) is 7.37. The number of anilines is 1. The maximum absolute atomic E-state index is 12.3. The zero-order chi connectivity index (χ0) is 16.1. The molecule has 0 saturated carbocycles. The number of quaternary nitrogens is 1. The topological polar surface area (TPSA) is 59.6 Å². The van der Waals surface area contributed by atoms with E-state index in [0.717, 1.165) is 13.1 Å². The second kappa shape index (κ2) is 7.54. The molecule has 0 aliphatic rings. The van der Waals surface area contributed by atoms with Gasteiger partial charge >= 0.3 is 0 Å². The Labute approximate surface area is 142 Å². The van der Waals surface area contributed by atoms with Crippen molar-refractivity contribution in [3.05, 3.63) is 56.6 Å². The molecule has 3 aromatic heterocycles. The Morgan fingerprint density at radius 3 is 2.35 bits per heavy atom. The van der Waals surface area contributed by atoms with Gasteiger partial charge in [0.25, 0.3) is 5.91 Å². The van der Waals surface area contributed by atoms with Crippen LogP contribution in [0.15, 0.2) is 45.6 Å². The quantitative estimate of drug-likeness (QED) is 0.689. The first-order valence-corrected chi connectivity index (χ1v) is 9.06. The number of hydrogen-bond acceptors (Lipinski definition) is 5. The second-order valence-electron chi connectivity index (χ2n) is 5.31. The molecular weight excluding hydrogens is 330 g/mol. The summed E-state index contributed by atoms with van der Waals surface area (Å²) in [7, 11) is 0. The summed E-state index contributed by atoms with van der Waals surface area (Å²) in [5, 5.41) is 10.7. The molecule has 3 aromatic rings. The fourth-order valence-corrected chi connectivity index (χ4v) is 3.90. The summed E-state index contributed by atoms with van der Waals surface area (Å²) in [5.41, 5.74) is 0. The van der Waals surface area contributed by atoms with Crippen molar-refractivity contribution in [2.45, 2.75) is 20.0 Å². The molecule has 0 unspecified atom stereocenters. The molecule has 3 heterocycles. The highest BCUT2D eigenvalue weighted by Crippen LogP contribution is 2.09. The third-order valence-electron chi connectivity index (χ3n) is 3.31. The monoisotopic (exact) mass is 348 g/mol. The Bertz CT molecular complexity index is 699. The normalized spacial score (nSPS) is 11.0. The number of aryl methyl sites for hydroxylation is 1. The molecule has 0 aromatic carbocycles. The van der Waals surface area contributed by atoms with Crippen molar-refractivity contribution in [3.63, 3.8) is 0 Å². The predicted molar refractivity (Wildman–Crippen MR) is 91.7 cm³/mol. The number of rotatable bonds is 7. The van der Waals surface area contributed by atoms with E-state index in [9.17, 15) is 4.79 Å². The first kappa shape index (κ1) is 15.9. The van der Waals surface area contributed by atoms with Gasteiger partial charge in [0, 0.05) is 6.07 Å². The standard InChI is InChI=1S/C16H17N3O2S2/c1-12-8-15(18-21-12)17-16(20)11-19(9-13-4-2-6-22-13)10-14-5-3-7-23-14/h2-8H,9-11H2,1H3,(H,17,18,20)/p+1. The first-order valence-electron chi connectivity index (χ1n) is 7.30. The summed E-state index contributed by atoms with van der Waals surface area (Å²) in [4.78, 5) is 16.0. The average molecular weight is 348 g/mol. The summed E-state index contributed by atoms with van der Waals surface area (Å²) in [6.07, 6.45) is 0. The van der Waals surface area contributed by atoms with Crippen LogP contribution < -0.4 is 10.2 Å². The van der Waals surface area contributed by atoms with Crippen LogP contribution in [0.5, 0.6) is 0 Å². The van der Waals surface area contributed by atoms with Gasteiger partial charge in [0.05, 0.1) is 9.75 Å². The maximum Gasteiger partial charge on any atom is 0.280 e. The third kappa shape index (κ3) is 4.75. The summed E-state index contributed by atoms with van der Waals surface area (Å²) < 4.78 is 4.97. The third-order valence-corrected chi connectivity index (χ3v) is 5.07. The van der Waals surface area contributed by atoms with Crippen molar-refractivity contribution in [3.8, 4) is 0 Å². The molecule has 0 bridgehead atoms. The van der Waals surface area contributed by atoms with E-state index in [1.165, 1.54) is 14.7 Å². The minimum Gasteiger partial charge on any atom is -0.360 e. The van der Waals surface area contributed by atoms with Gasteiger partial charge in [0.15, 0.2) is 12.4 Å². The molecule has 1 amide bonds. The van der Waals surface area contributed by atoms with Gasteiger partial charge in [-0.05, 0) is 29.8 Å². The average Bonchev–Trinajstić information content (AvgIpc) is 3.23. The van der Waals surface area contributed by atoms with Crippen LogP contribution in [0.4, 0.5) is 5.82 Å². The first-order chi connectivity index (χ1) is 11.2. The molecule has 0 radical (unpaired) electrons. The van der Waals surface area contributed by atoms with E-state index in [1.54, 1.807) is 35.7 Å². The lowest BCUT2D eigenvalue weighted by Crippen LogP contribution is -3.10. The van der Waals surface area contributed by atoms with Gasteiger partial charge in [0.2, 0.25) is 0 Å². The number of hydrogen-bond donors (Lipinski definition) is 2. The molecule has 5 nitrogen and oxygen atoms in total. The SMILES string of the molecule is Cc1cc(NC(=O)C[NH+](Cc2cccs2)Cc2cccs2)no1. The molecule has 3 rings (SSSR count). The van der Waals surface area contributed by atoms with Crippen LogP contribution in [0.25, 0.3) is 0 Å². The molecule has 0 atom stereocenters. The molecule has 0 saturated heterocycles. The van der Waals surface area contributed by atoms with Crippen LogP contribution >= 0.6 is 22.7 Å². The van der Waals surface area contributed by atoms with Gasteiger partial charge in [0.1, 0.15) is 18.8 Å². The van der Waals surface area contributed by atoms with Crippen LogP contribution in [0.3, 0.4) is 0 Å². The van der Waals surface area contributed by atoms with Crippen LogP contribution in [0, 0.1) is 6.92 Å². The zero-order valence-corrected chi connectivity index (χ0v) is 14.4. The highest BCUT2D eigenvalue weighted by Gasteiger charge is 2.17. The van der Waals surface area contributed by atoms with E-state index in [0.29, 0.717) is 18.1 Å². The molecule has 0 spiro atoms. The van der Waals surface area contributed by atoms with E-state index in [-0.39, 0.29) is 5.91 Å². The molecule has 2 N–H and O–H groups in total. The van der Waals surface area contributed by atoms with E-state index in [1.807, 2.05) is 12.1 Å².